The zero-order valence-electron chi connectivity index (χ0n) is 13.4. The zero-order chi connectivity index (χ0) is 16.8. The Kier molecular flexibility index (Phi) is 5.23. The Labute approximate surface area is 145 Å². The van der Waals surface area contributed by atoms with Crippen molar-refractivity contribution in [3.8, 4) is 5.75 Å². The van der Waals surface area contributed by atoms with Crippen LogP contribution in [-0.2, 0) is 17.8 Å². The number of aryl methyl sites for hydroxylation is 1. The van der Waals surface area contributed by atoms with E-state index >= 15 is 0 Å². The van der Waals surface area contributed by atoms with E-state index < -0.39 is 0 Å². The number of carbonyl (C=O) groups is 1. The molecule has 0 aliphatic carbocycles. The molecule has 0 atom stereocenters. The third-order valence-electron chi connectivity index (χ3n) is 3.59. The molecule has 0 spiro atoms. The van der Waals surface area contributed by atoms with Crippen molar-refractivity contribution in [2.75, 3.05) is 5.32 Å². The second kappa shape index (κ2) is 7.75. The van der Waals surface area contributed by atoms with Gasteiger partial charge in [-0.05, 0) is 41.6 Å². The highest BCUT2D eigenvalue weighted by atomic mass is 32.1. The monoisotopic (exact) mass is 338 g/mol. The van der Waals surface area contributed by atoms with E-state index in [-0.39, 0.29) is 5.91 Å². The molecule has 1 aromatic carbocycles. The fraction of sp³-hybridized carbons (Fsp3) is 0.158. The van der Waals surface area contributed by atoms with Gasteiger partial charge in [0.1, 0.15) is 6.61 Å². The van der Waals surface area contributed by atoms with Crippen LogP contribution < -0.4 is 10.1 Å². The molecule has 0 unspecified atom stereocenters. The van der Waals surface area contributed by atoms with Crippen molar-refractivity contribution >= 4 is 23.1 Å². The molecule has 0 saturated carbocycles. The van der Waals surface area contributed by atoms with E-state index in [1.807, 2.05) is 54.8 Å². The van der Waals surface area contributed by atoms with Gasteiger partial charge >= 0.3 is 0 Å². The largest absolute Gasteiger partial charge is 0.485 e. The maximum Gasteiger partial charge on any atom is 0.230 e. The predicted molar refractivity (Wildman–Crippen MR) is 96.4 cm³/mol. The Morgan fingerprint density at radius 2 is 2.04 bits per heavy atom. The van der Waals surface area contributed by atoms with Crippen molar-refractivity contribution in [3.05, 3.63) is 76.1 Å². The van der Waals surface area contributed by atoms with E-state index in [0.29, 0.717) is 24.6 Å². The summed E-state index contributed by atoms with van der Waals surface area (Å²) >= 11 is 1.56. The standard InChI is InChI=1S/C19H18N2O2S/c1-14-6-2-3-7-15(14)13-23-17-9-4-10-20-19(17)21-18(22)12-16-8-5-11-24-16/h2-11H,12-13H2,1H3,(H,20,21,22). The smallest absolute Gasteiger partial charge is 0.230 e. The second-order valence-corrected chi connectivity index (χ2v) is 6.40. The van der Waals surface area contributed by atoms with Crippen molar-refractivity contribution in [2.45, 2.75) is 20.0 Å². The Morgan fingerprint density at radius 3 is 2.83 bits per heavy atom. The van der Waals surface area contributed by atoms with Gasteiger partial charge in [-0.25, -0.2) is 4.98 Å². The molecule has 5 heteroatoms. The third kappa shape index (κ3) is 4.20. The van der Waals surface area contributed by atoms with Crippen LogP contribution in [0.25, 0.3) is 0 Å². The first-order chi connectivity index (χ1) is 11.7. The molecule has 0 aliphatic heterocycles. The second-order valence-electron chi connectivity index (χ2n) is 5.37. The number of hydrogen-bond acceptors (Lipinski definition) is 4. The lowest BCUT2D eigenvalue weighted by Gasteiger charge is -2.12. The molecular weight excluding hydrogens is 320 g/mol. The number of nitrogens with one attached hydrogen (secondary N) is 1. The average Bonchev–Trinajstić information content (AvgIpc) is 3.08. The number of carbonyl (C=O) groups excluding carboxylic acids is 1. The Bertz CT molecular complexity index is 816. The summed E-state index contributed by atoms with van der Waals surface area (Å²) in [7, 11) is 0. The Balaban J connectivity index is 1.66. The topological polar surface area (TPSA) is 51.2 Å². The fourth-order valence-corrected chi connectivity index (χ4v) is 2.98. The van der Waals surface area contributed by atoms with Crippen LogP contribution in [0.15, 0.2) is 60.1 Å². The Hall–Kier alpha value is -2.66. The molecular formula is C19H18N2O2S. The molecule has 0 bridgehead atoms. The zero-order valence-corrected chi connectivity index (χ0v) is 14.2. The molecule has 3 rings (SSSR count). The molecule has 0 fully saturated rings. The first-order valence-electron chi connectivity index (χ1n) is 7.67. The maximum absolute atomic E-state index is 12.2. The molecule has 0 aliphatic rings. The van der Waals surface area contributed by atoms with Gasteiger partial charge < -0.3 is 10.1 Å². The minimum Gasteiger partial charge on any atom is -0.485 e. The highest BCUT2D eigenvalue weighted by Crippen LogP contribution is 2.23. The van der Waals surface area contributed by atoms with Crippen LogP contribution in [0.4, 0.5) is 5.82 Å². The van der Waals surface area contributed by atoms with Crippen LogP contribution in [0.3, 0.4) is 0 Å². The summed E-state index contributed by atoms with van der Waals surface area (Å²) in [6, 6.07) is 15.5. The lowest BCUT2D eigenvalue weighted by Crippen LogP contribution is -2.15. The normalized spacial score (nSPS) is 10.4. The highest BCUT2D eigenvalue weighted by Gasteiger charge is 2.11. The van der Waals surface area contributed by atoms with Gasteiger partial charge in [0.25, 0.3) is 0 Å². The van der Waals surface area contributed by atoms with Crippen LogP contribution in [0, 0.1) is 6.92 Å². The van der Waals surface area contributed by atoms with Gasteiger partial charge in [0, 0.05) is 11.1 Å². The average molecular weight is 338 g/mol. The molecule has 2 heterocycles. The molecule has 1 N–H and O–H groups in total. The lowest BCUT2D eigenvalue weighted by molar-refractivity contribution is -0.115. The van der Waals surface area contributed by atoms with Crippen LogP contribution in [0.2, 0.25) is 0 Å². The molecule has 0 saturated heterocycles. The summed E-state index contributed by atoms with van der Waals surface area (Å²) in [4.78, 5) is 17.4. The van der Waals surface area contributed by atoms with Gasteiger partial charge in [-0.15, -0.1) is 11.3 Å². The number of nitrogens with zero attached hydrogens (tertiary/aromatic N) is 1. The van der Waals surface area contributed by atoms with Crippen LogP contribution in [0.5, 0.6) is 5.75 Å². The van der Waals surface area contributed by atoms with Gasteiger partial charge in [-0.1, -0.05) is 30.3 Å². The maximum atomic E-state index is 12.2. The Morgan fingerprint density at radius 1 is 1.17 bits per heavy atom. The van der Waals surface area contributed by atoms with E-state index in [9.17, 15) is 4.79 Å². The molecule has 4 nitrogen and oxygen atoms in total. The lowest BCUT2D eigenvalue weighted by atomic mass is 10.1. The summed E-state index contributed by atoms with van der Waals surface area (Å²) in [5.41, 5.74) is 2.28. The number of rotatable bonds is 6. The summed E-state index contributed by atoms with van der Waals surface area (Å²) < 4.78 is 5.87. The quantitative estimate of drug-likeness (QED) is 0.732. The summed E-state index contributed by atoms with van der Waals surface area (Å²) in [5, 5.41) is 4.79. The van der Waals surface area contributed by atoms with E-state index in [2.05, 4.69) is 10.3 Å². The van der Waals surface area contributed by atoms with Crippen molar-refractivity contribution in [1.29, 1.82) is 0 Å². The van der Waals surface area contributed by atoms with E-state index in [1.165, 1.54) is 5.56 Å². The van der Waals surface area contributed by atoms with E-state index in [1.54, 1.807) is 23.6 Å². The molecule has 3 aromatic rings. The SMILES string of the molecule is Cc1ccccc1COc1cccnc1NC(=O)Cc1cccs1. The van der Waals surface area contributed by atoms with Crippen molar-refractivity contribution in [1.82, 2.24) is 4.98 Å². The first-order valence-corrected chi connectivity index (χ1v) is 8.55. The molecule has 24 heavy (non-hydrogen) atoms. The van der Waals surface area contributed by atoms with Gasteiger partial charge in [-0.3, -0.25) is 4.79 Å². The number of pyridine rings is 1. The van der Waals surface area contributed by atoms with Gasteiger partial charge in [-0.2, -0.15) is 0 Å². The number of amides is 1. The summed E-state index contributed by atoms with van der Waals surface area (Å²) in [6.07, 6.45) is 1.98. The molecule has 0 radical (unpaired) electrons. The number of thiophene rings is 1. The summed E-state index contributed by atoms with van der Waals surface area (Å²) in [5.74, 6) is 0.921. The van der Waals surface area contributed by atoms with Gasteiger partial charge in [0.2, 0.25) is 5.91 Å². The van der Waals surface area contributed by atoms with Crippen molar-refractivity contribution in [3.63, 3.8) is 0 Å². The third-order valence-corrected chi connectivity index (χ3v) is 4.46. The van der Waals surface area contributed by atoms with Crippen LogP contribution in [0.1, 0.15) is 16.0 Å². The predicted octanol–water partition coefficient (Wildman–Crippen LogP) is 4.21. The fourth-order valence-electron chi connectivity index (χ4n) is 2.28. The van der Waals surface area contributed by atoms with Gasteiger partial charge in [0.05, 0.1) is 6.42 Å². The molecule has 2 aromatic heterocycles. The number of hydrogen-bond donors (Lipinski definition) is 1. The number of aromatic nitrogens is 1. The first kappa shape index (κ1) is 16.2. The van der Waals surface area contributed by atoms with Crippen molar-refractivity contribution < 1.29 is 9.53 Å². The van der Waals surface area contributed by atoms with Crippen LogP contribution in [-0.4, -0.2) is 10.9 Å². The summed E-state index contributed by atoms with van der Waals surface area (Å²) in [6.45, 7) is 2.48. The van der Waals surface area contributed by atoms with Crippen LogP contribution >= 0.6 is 11.3 Å². The minimum absolute atomic E-state index is 0.100. The van der Waals surface area contributed by atoms with Gasteiger partial charge in [0.15, 0.2) is 11.6 Å². The van der Waals surface area contributed by atoms with E-state index in [4.69, 9.17) is 4.74 Å². The number of benzene rings is 1. The molecule has 122 valence electrons. The minimum atomic E-state index is -0.100. The number of anilines is 1. The van der Waals surface area contributed by atoms with Crippen molar-refractivity contribution in [2.24, 2.45) is 0 Å². The number of ether oxygens (including phenoxy) is 1. The molecule has 1 amide bonds. The highest BCUT2D eigenvalue weighted by molar-refractivity contribution is 7.10. The van der Waals surface area contributed by atoms with E-state index in [0.717, 1.165) is 10.4 Å².